The maximum atomic E-state index is 10.6. The van der Waals surface area contributed by atoms with E-state index in [1.165, 1.54) is 7.11 Å². The van der Waals surface area contributed by atoms with Gasteiger partial charge in [0.2, 0.25) is 0 Å². The summed E-state index contributed by atoms with van der Waals surface area (Å²) in [5.74, 6) is -0.213. The molecule has 0 saturated heterocycles. The Labute approximate surface area is 71.2 Å². The molecule has 1 atom stereocenters. The number of hydrogen-bond donors (Lipinski definition) is 0. The Balaban J connectivity index is 3.45. The van der Waals surface area contributed by atoms with Gasteiger partial charge in [0.25, 0.3) is 0 Å². The van der Waals surface area contributed by atoms with Crippen molar-refractivity contribution in [2.45, 2.75) is 11.2 Å². The molecule has 0 rings (SSSR count). The number of rotatable bonds is 3. The Morgan fingerprint density at radius 1 is 1.78 bits per heavy atom. The third kappa shape index (κ3) is 3.92. The zero-order valence-electron chi connectivity index (χ0n) is 5.06. The van der Waals surface area contributed by atoms with E-state index in [1.807, 2.05) is 0 Å². The second-order valence-corrected chi connectivity index (χ2v) is 3.37. The van der Waals surface area contributed by atoms with E-state index in [1.54, 1.807) is 0 Å². The van der Waals surface area contributed by atoms with Crippen LogP contribution in [-0.2, 0) is 9.53 Å². The van der Waals surface area contributed by atoms with Gasteiger partial charge in [-0.25, -0.2) is 0 Å². The van der Waals surface area contributed by atoms with Crippen molar-refractivity contribution in [3.05, 3.63) is 0 Å². The molecule has 0 aliphatic carbocycles. The van der Waals surface area contributed by atoms with Gasteiger partial charge in [0, 0.05) is 5.33 Å². The maximum absolute atomic E-state index is 10.6. The topological polar surface area (TPSA) is 26.3 Å². The molecule has 0 N–H and O–H groups in total. The highest BCUT2D eigenvalue weighted by atomic mass is 79.9. The van der Waals surface area contributed by atoms with Crippen molar-refractivity contribution >= 4 is 37.8 Å². The van der Waals surface area contributed by atoms with E-state index in [-0.39, 0.29) is 10.8 Å². The van der Waals surface area contributed by atoms with Crippen LogP contribution in [0.1, 0.15) is 6.42 Å². The molecule has 0 amide bonds. The number of alkyl halides is 2. The Bertz CT molecular complexity index is 95.0. The number of carbonyl (C=O) groups excluding carboxylic acids is 1. The first-order valence-electron chi connectivity index (χ1n) is 2.50. The van der Waals surface area contributed by atoms with Gasteiger partial charge in [0.1, 0.15) is 4.83 Å². The number of carbonyl (C=O) groups is 1. The van der Waals surface area contributed by atoms with E-state index < -0.39 is 0 Å². The number of ether oxygens (including phenoxy) is 1. The van der Waals surface area contributed by atoms with Crippen molar-refractivity contribution in [3.63, 3.8) is 0 Å². The zero-order valence-corrected chi connectivity index (χ0v) is 8.24. The van der Waals surface area contributed by atoms with E-state index in [2.05, 4.69) is 36.6 Å². The van der Waals surface area contributed by atoms with Gasteiger partial charge in [-0.05, 0) is 6.42 Å². The highest BCUT2D eigenvalue weighted by Crippen LogP contribution is 2.07. The molecule has 0 radical (unpaired) electrons. The van der Waals surface area contributed by atoms with Gasteiger partial charge < -0.3 is 4.74 Å². The molecule has 0 unspecified atom stereocenters. The van der Waals surface area contributed by atoms with Crippen LogP contribution in [0.5, 0.6) is 0 Å². The molecular weight excluding hydrogens is 252 g/mol. The molecule has 4 heteroatoms. The Hall–Kier alpha value is 0.430. The van der Waals surface area contributed by atoms with Crippen molar-refractivity contribution in [3.8, 4) is 0 Å². The van der Waals surface area contributed by atoms with Crippen LogP contribution in [0.15, 0.2) is 0 Å². The maximum Gasteiger partial charge on any atom is 0.319 e. The summed E-state index contributed by atoms with van der Waals surface area (Å²) in [6, 6.07) is 0. The van der Waals surface area contributed by atoms with Crippen LogP contribution in [-0.4, -0.2) is 23.2 Å². The Kier molecular flexibility index (Phi) is 5.48. The van der Waals surface area contributed by atoms with E-state index in [4.69, 9.17) is 0 Å². The highest BCUT2D eigenvalue weighted by molar-refractivity contribution is 9.10. The lowest BCUT2D eigenvalue weighted by Crippen LogP contribution is -2.15. The van der Waals surface area contributed by atoms with E-state index in [0.717, 1.165) is 11.8 Å². The smallest absolute Gasteiger partial charge is 0.319 e. The quantitative estimate of drug-likeness (QED) is 0.570. The standard InChI is InChI=1S/C5H8Br2O2/c1-9-5(8)4(7)2-3-6/h4H,2-3H2,1H3/t4-/m1/s1. The molecule has 0 bridgehead atoms. The van der Waals surface area contributed by atoms with Gasteiger partial charge in [0.05, 0.1) is 7.11 Å². The van der Waals surface area contributed by atoms with Gasteiger partial charge in [-0.3, -0.25) is 4.79 Å². The van der Waals surface area contributed by atoms with Gasteiger partial charge in [-0.2, -0.15) is 0 Å². The fraction of sp³-hybridized carbons (Fsp3) is 0.800. The van der Waals surface area contributed by atoms with Crippen LogP contribution in [0.3, 0.4) is 0 Å². The molecule has 0 fully saturated rings. The molecule has 0 aromatic heterocycles. The summed E-state index contributed by atoms with van der Waals surface area (Å²) in [6.07, 6.45) is 0.757. The molecule has 0 aromatic rings. The van der Waals surface area contributed by atoms with Crippen molar-refractivity contribution in [2.75, 3.05) is 12.4 Å². The third-order valence-electron chi connectivity index (χ3n) is 0.819. The summed E-state index contributed by atoms with van der Waals surface area (Å²) in [7, 11) is 1.38. The minimum atomic E-state index is -0.213. The Morgan fingerprint density at radius 3 is 2.67 bits per heavy atom. The fourth-order valence-electron chi connectivity index (χ4n) is 0.342. The number of esters is 1. The zero-order chi connectivity index (χ0) is 7.28. The highest BCUT2D eigenvalue weighted by Gasteiger charge is 2.12. The van der Waals surface area contributed by atoms with Crippen molar-refractivity contribution in [1.82, 2.24) is 0 Å². The van der Waals surface area contributed by atoms with Crippen LogP contribution in [0, 0.1) is 0 Å². The summed E-state index contributed by atoms with van der Waals surface area (Å²) in [5, 5.41) is 0.804. The molecule has 2 nitrogen and oxygen atoms in total. The second kappa shape index (κ2) is 5.23. The average molecular weight is 260 g/mol. The first-order chi connectivity index (χ1) is 4.22. The summed E-state index contributed by atoms with van der Waals surface area (Å²) >= 11 is 6.37. The van der Waals surface area contributed by atoms with Crippen LogP contribution < -0.4 is 0 Å². The molecule has 9 heavy (non-hydrogen) atoms. The minimum absolute atomic E-state index is 0.165. The fourth-order valence-corrected chi connectivity index (χ4v) is 1.83. The lowest BCUT2D eigenvalue weighted by atomic mass is 10.3. The van der Waals surface area contributed by atoms with Crippen molar-refractivity contribution in [2.24, 2.45) is 0 Å². The first kappa shape index (κ1) is 9.43. The van der Waals surface area contributed by atoms with Gasteiger partial charge >= 0.3 is 5.97 Å². The Morgan fingerprint density at radius 2 is 2.33 bits per heavy atom. The monoisotopic (exact) mass is 258 g/mol. The molecule has 54 valence electrons. The molecule has 0 heterocycles. The summed E-state index contributed by atoms with van der Waals surface area (Å²) < 4.78 is 4.46. The molecule has 0 aliphatic rings. The third-order valence-corrected chi connectivity index (χ3v) is 2.11. The summed E-state index contributed by atoms with van der Waals surface area (Å²) in [4.78, 5) is 10.4. The normalized spacial score (nSPS) is 12.8. The SMILES string of the molecule is COC(=O)[C@H](Br)CCBr. The van der Waals surface area contributed by atoms with E-state index >= 15 is 0 Å². The van der Waals surface area contributed by atoms with Gasteiger partial charge in [-0.15, -0.1) is 0 Å². The van der Waals surface area contributed by atoms with Crippen LogP contribution >= 0.6 is 31.9 Å². The van der Waals surface area contributed by atoms with E-state index in [9.17, 15) is 4.79 Å². The minimum Gasteiger partial charge on any atom is -0.468 e. The van der Waals surface area contributed by atoms with Gasteiger partial charge in [-0.1, -0.05) is 31.9 Å². The summed E-state index contributed by atoms with van der Waals surface area (Å²) in [5.41, 5.74) is 0. The predicted octanol–water partition coefficient (Wildman–Crippen LogP) is 1.71. The average Bonchev–Trinajstić information content (AvgIpc) is 1.87. The lowest BCUT2D eigenvalue weighted by molar-refractivity contribution is -0.139. The molecular formula is C5H8Br2O2. The van der Waals surface area contributed by atoms with Gasteiger partial charge in [0.15, 0.2) is 0 Å². The largest absolute Gasteiger partial charge is 0.468 e. The molecule has 0 spiro atoms. The lowest BCUT2D eigenvalue weighted by Gasteiger charge is -2.02. The van der Waals surface area contributed by atoms with Crippen molar-refractivity contribution < 1.29 is 9.53 Å². The molecule has 0 saturated carbocycles. The van der Waals surface area contributed by atoms with Crippen LogP contribution in [0.2, 0.25) is 0 Å². The van der Waals surface area contributed by atoms with E-state index in [0.29, 0.717) is 0 Å². The van der Waals surface area contributed by atoms with Crippen LogP contribution in [0.4, 0.5) is 0 Å². The second-order valence-electron chi connectivity index (χ2n) is 1.47. The molecule has 0 aromatic carbocycles. The molecule has 0 aliphatic heterocycles. The number of hydrogen-bond acceptors (Lipinski definition) is 2. The number of methoxy groups -OCH3 is 1. The van der Waals surface area contributed by atoms with Crippen LogP contribution in [0.25, 0.3) is 0 Å². The summed E-state index contributed by atoms with van der Waals surface area (Å²) in [6.45, 7) is 0. The van der Waals surface area contributed by atoms with Crippen molar-refractivity contribution in [1.29, 1.82) is 0 Å². The predicted molar refractivity (Wildman–Crippen MR) is 43.1 cm³/mol. The number of halogens is 2. The first-order valence-corrected chi connectivity index (χ1v) is 4.54.